The Balaban J connectivity index is 0.00000196. The molecule has 84 valence electrons. The standard InChI is InChI=1S/C10H13NO3.ClH/c1-11-9(10(12)13)7-3-5-8(14-2)6-4-7;/h3-6,9,11H,1-2H3,(H,12,13);1H. The SMILES string of the molecule is CNC(C(=O)O)c1ccc(OC)cc1.Cl. The van der Waals surface area contributed by atoms with Crippen LogP contribution in [0.2, 0.25) is 0 Å². The Morgan fingerprint density at radius 1 is 1.40 bits per heavy atom. The number of methoxy groups -OCH3 is 1. The van der Waals surface area contributed by atoms with Gasteiger partial charge in [0.2, 0.25) is 0 Å². The maximum Gasteiger partial charge on any atom is 0.325 e. The maximum atomic E-state index is 10.8. The van der Waals surface area contributed by atoms with E-state index >= 15 is 0 Å². The molecule has 1 aromatic rings. The Morgan fingerprint density at radius 3 is 2.27 bits per heavy atom. The summed E-state index contributed by atoms with van der Waals surface area (Å²) >= 11 is 0. The molecule has 0 heterocycles. The van der Waals surface area contributed by atoms with Gasteiger partial charge in [-0.1, -0.05) is 12.1 Å². The number of carboxylic acid groups (broad SMARTS) is 1. The van der Waals surface area contributed by atoms with Crippen LogP contribution < -0.4 is 10.1 Å². The van der Waals surface area contributed by atoms with Crippen molar-refractivity contribution in [1.29, 1.82) is 0 Å². The monoisotopic (exact) mass is 231 g/mol. The average Bonchev–Trinajstić information content (AvgIpc) is 2.19. The molecule has 0 spiro atoms. The molecule has 15 heavy (non-hydrogen) atoms. The molecule has 4 nitrogen and oxygen atoms in total. The minimum absolute atomic E-state index is 0. The number of aliphatic carboxylic acids is 1. The first-order valence-corrected chi connectivity index (χ1v) is 4.23. The fourth-order valence-corrected chi connectivity index (χ4v) is 1.23. The van der Waals surface area contributed by atoms with E-state index in [0.29, 0.717) is 11.3 Å². The minimum atomic E-state index is -0.891. The van der Waals surface area contributed by atoms with Crippen LogP contribution in [0.3, 0.4) is 0 Å². The summed E-state index contributed by atoms with van der Waals surface area (Å²) in [6.07, 6.45) is 0. The molecule has 1 atom stereocenters. The van der Waals surface area contributed by atoms with Gasteiger partial charge in [0.25, 0.3) is 0 Å². The summed E-state index contributed by atoms with van der Waals surface area (Å²) < 4.78 is 4.98. The Hall–Kier alpha value is -1.26. The summed E-state index contributed by atoms with van der Waals surface area (Å²) in [5.41, 5.74) is 0.709. The first-order chi connectivity index (χ1) is 6.69. The number of benzene rings is 1. The van der Waals surface area contributed by atoms with Gasteiger partial charge in [-0.3, -0.25) is 4.79 Å². The van der Waals surface area contributed by atoms with Crippen molar-refractivity contribution in [2.45, 2.75) is 6.04 Å². The smallest absolute Gasteiger partial charge is 0.325 e. The van der Waals surface area contributed by atoms with E-state index in [-0.39, 0.29) is 12.4 Å². The third-order valence-corrected chi connectivity index (χ3v) is 1.98. The topological polar surface area (TPSA) is 58.6 Å². The highest BCUT2D eigenvalue weighted by atomic mass is 35.5. The van der Waals surface area contributed by atoms with E-state index in [1.807, 2.05) is 0 Å². The lowest BCUT2D eigenvalue weighted by molar-refractivity contribution is -0.139. The maximum absolute atomic E-state index is 10.8. The molecule has 0 radical (unpaired) electrons. The third-order valence-electron chi connectivity index (χ3n) is 1.98. The van der Waals surface area contributed by atoms with Crippen LogP contribution in [0.5, 0.6) is 5.75 Å². The number of hydrogen-bond donors (Lipinski definition) is 2. The summed E-state index contributed by atoms with van der Waals surface area (Å²) in [4.78, 5) is 10.8. The first kappa shape index (κ1) is 13.7. The molecule has 1 aromatic carbocycles. The lowest BCUT2D eigenvalue weighted by Gasteiger charge is -2.11. The van der Waals surface area contributed by atoms with Gasteiger partial charge in [-0.2, -0.15) is 0 Å². The molecular weight excluding hydrogens is 218 g/mol. The summed E-state index contributed by atoms with van der Waals surface area (Å²) in [7, 11) is 3.19. The molecular formula is C10H14ClNO3. The van der Waals surface area contributed by atoms with Crippen LogP contribution >= 0.6 is 12.4 Å². The van der Waals surface area contributed by atoms with E-state index in [0.717, 1.165) is 0 Å². The number of likely N-dealkylation sites (N-methyl/N-ethyl adjacent to an activating group) is 1. The summed E-state index contributed by atoms with van der Waals surface area (Å²) in [5, 5.41) is 11.6. The van der Waals surface area contributed by atoms with Crippen molar-refractivity contribution in [2.75, 3.05) is 14.2 Å². The Bertz CT molecular complexity index is 313. The van der Waals surface area contributed by atoms with E-state index in [2.05, 4.69) is 5.32 Å². The van der Waals surface area contributed by atoms with Gasteiger partial charge in [0.1, 0.15) is 11.8 Å². The van der Waals surface area contributed by atoms with Gasteiger partial charge in [0, 0.05) is 0 Å². The molecule has 1 unspecified atom stereocenters. The Morgan fingerprint density at radius 2 is 1.93 bits per heavy atom. The Kier molecular flexibility index (Phi) is 5.74. The third kappa shape index (κ3) is 3.42. The number of hydrogen-bond acceptors (Lipinski definition) is 3. The summed E-state index contributed by atoms with van der Waals surface area (Å²) in [5.74, 6) is -0.174. The van der Waals surface area contributed by atoms with E-state index in [1.165, 1.54) is 0 Å². The van der Waals surface area contributed by atoms with E-state index in [1.54, 1.807) is 38.4 Å². The van der Waals surface area contributed by atoms with E-state index in [9.17, 15) is 4.79 Å². The number of rotatable bonds is 4. The fraction of sp³-hybridized carbons (Fsp3) is 0.300. The van der Waals surface area contributed by atoms with E-state index < -0.39 is 12.0 Å². The van der Waals surface area contributed by atoms with Crippen LogP contribution in [0.1, 0.15) is 11.6 Å². The van der Waals surface area contributed by atoms with Crippen LogP contribution in [-0.2, 0) is 4.79 Å². The molecule has 0 aromatic heterocycles. The normalized spacial score (nSPS) is 11.3. The van der Waals surface area contributed by atoms with Gasteiger partial charge in [-0.25, -0.2) is 0 Å². The molecule has 0 fully saturated rings. The lowest BCUT2D eigenvalue weighted by Crippen LogP contribution is -2.24. The number of ether oxygens (including phenoxy) is 1. The highest BCUT2D eigenvalue weighted by Gasteiger charge is 2.16. The van der Waals surface area contributed by atoms with Crippen molar-refractivity contribution in [1.82, 2.24) is 5.32 Å². The number of carbonyl (C=O) groups is 1. The molecule has 0 bridgehead atoms. The van der Waals surface area contributed by atoms with Crippen molar-refractivity contribution in [3.63, 3.8) is 0 Å². The second-order valence-corrected chi connectivity index (χ2v) is 2.83. The highest BCUT2D eigenvalue weighted by molar-refractivity contribution is 5.85. The minimum Gasteiger partial charge on any atom is -0.497 e. The summed E-state index contributed by atoms with van der Waals surface area (Å²) in [6.45, 7) is 0. The molecule has 2 N–H and O–H groups in total. The van der Waals surface area contributed by atoms with Crippen molar-refractivity contribution in [3.8, 4) is 5.75 Å². The predicted molar refractivity (Wildman–Crippen MR) is 59.7 cm³/mol. The molecule has 0 aliphatic carbocycles. The quantitative estimate of drug-likeness (QED) is 0.824. The van der Waals surface area contributed by atoms with Gasteiger partial charge >= 0.3 is 5.97 Å². The molecule has 0 saturated heterocycles. The van der Waals surface area contributed by atoms with Gasteiger partial charge in [-0.15, -0.1) is 12.4 Å². The van der Waals surface area contributed by atoms with Crippen molar-refractivity contribution in [2.24, 2.45) is 0 Å². The zero-order valence-electron chi connectivity index (χ0n) is 8.56. The largest absolute Gasteiger partial charge is 0.497 e. The molecule has 5 heteroatoms. The summed E-state index contributed by atoms with van der Waals surface area (Å²) in [6, 6.07) is 6.27. The van der Waals surface area contributed by atoms with Gasteiger partial charge in [-0.05, 0) is 24.7 Å². The zero-order valence-corrected chi connectivity index (χ0v) is 9.38. The van der Waals surface area contributed by atoms with Crippen LogP contribution in [0.15, 0.2) is 24.3 Å². The van der Waals surface area contributed by atoms with Crippen LogP contribution in [0, 0.1) is 0 Å². The van der Waals surface area contributed by atoms with Crippen molar-refractivity contribution >= 4 is 18.4 Å². The van der Waals surface area contributed by atoms with E-state index in [4.69, 9.17) is 9.84 Å². The van der Waals surface area contributed by atoms with Crippen LogP contribution in [0.4, 0.5) is 0 Å². The Labute approximate surface area is 94.7 Å². The van der Waals surface area contributed by atoms with Crippen LogP contribution in [-0.4, -0.2) is 25.2 Å². The van der Waals surface area contributed by atoms with Gasteiger partial charge < -0.3 is 15.2 Å². The van der Waals surface area contributed by atoms with Crippen molar-refractivity contribution in [3.05, 3.63) is 29.8 Å². The molecule has 0 aliphatic heterocycles. The molecule has 0 aliphatic rings. The first-order valence-electron chi connectivity index (χ1n) is 4.23. The van der Waals surface area contributed by atoms with Gasteiger partial charge in [0.15, 0.2) is 0 Å². The number of nitrogens with one attached hydrogen (secondary N) is 1. The second kappa shape index (κ2) is 6.27. The average molecular weight is 232 g/mol. The molecule has 0 saturated carbocycles. The molecule has 1 rings (SSSR count). The number of carboxylic acids is 1. The fourth-order valence-electron chi connectivity index (χ4n) is 1.23. The van der Waals surface area contributed by atoms with Gasteiger partial charge in [0.05, 0.1) is 7.11 Å². The predicted octanol–water partition coefficient (Wildman–Crippen LogP) is 1.46. The molecule has 0 amide bonds. The number of halogens is 1. The van der Waals surface area contributed by atoms with Crippen LogP contribution in [0.25, 0.3) is 0 Å². The lowest BCUT2D eigenvalue weighted by atomic mass is 10.1. The second-order valence-electron chi connectivity index (χ2n) is 2.83. The zero-order chi connectivity index (χ0) is 10.6. The highest BCUT2D eigenvalue weighted by Crippen LogP contribution is 2.17. The van der Waals surface area contributed by atoms with Crippen molar-refractivity contribution < 1.29 is 14.6 Å².